The van der Waals surface area contributed by atoms with E-state index in [0.29, 0.717) is 11.6 Å². The number of amides is 1. The topological polar surface area (TPSA) is 66.1 Å². The lowest BCUT2D eigenvalue weighted by Crippen LogP contribution is -2.38. The van der Waals surface area contributed by atoms with Crippen LogP contribution in [0.5, 0.6) is 0 Å². The van der Waals surface area contributed by atoms with E-state index in [4.69, 9.17) is 0 Å². The molecular formula is C18H23N3O2. The summed E-state index contributed by atoms with van der Waals surface area (Å²) in [5.74, 6) is 0.244. The Balaban J connectivity index is 2.24. The van der Waals surface area contributed by atoms with E-state index in [0.717, 1.165) is 12.0 Å². The van der Waals surface area contributed by atoms with Gasteiger partial charge in [0.15, 0.2) is 0 Å². The maximum absolute atomic E-state index is 12.5. The van der Waals surface area contributed by atoms with E-state index in [1.165, 1.54) is 0 Å². The second-order valence-electron chi connectivity index (χ2n) is 6.25. The van der Waals surface area contributed by atoms with Crippen molar-refractivity contribution in [3.8, 4) is 11.3 Å². The van der Waals surface area contributed by atoms with Gasteiger partial charge in [0.25, 0.3) is 11.5 Å². The number of H-pyrrole nitrogens is 1. The minimum atomic E-state index is -0.368. The molecule has 0 bridgehead atoms. The first-order chi connectivity index (χ1) is 10.9. The number of rotatable bonds is 5. The lowest BCUT2D eigenvalue weighted by atomic mass is 10.0. The average Bonchev–Trinajstić information content (AvgIpc) is 2.53. The van der Waals surface area contributed by atoms with Crippen molar-refractivity contribution in [2.75, 3.05) is 7.05 Å². The normalized spacial score (nSPS) is 12.2. The quantitative estimate of drug-likeness (QED) is 0.923. The van der Waals surface area contributed by atoms with E-state index < -0.39 is 0 Å². The van der Waals surface area contributed by atoms with E-state index in [1.807, 2.05) is 19.1 Å². The molecule has 2 heterocycles. The van der Waals surface area contributed by atoms with Crippen LogP contribution in [-0.4, -0.2) is 33.9 Å². The number of carbonyl (C=O) groups excluding carboxylic acids is 1. The Morgan fingerprint density at radius 1 is 1.17 bits per heavy atom. The molecule has 2 aromatic heterocycles. The number of hydrogen-bond donors (Lipinski definition) is 1. The van der Waals surface area contributed by atoms with Gasteiger partial charge >= 0.3 is 0 Å². The highest BCUT2D eigenvalue weighted by Gasteiger charge is 2.20. The number of aromatic amines is 1. The molecular weight excluding hydrogens is 290 g/mol. The van der Waals surface area contributed by atoms with E-state index in [2.05, 4.69) is 23.8 Å². The van der Waals surface area contributed by atoms with Crippen molar-refractivity contribution in [1.29, 1.82) is 0 Å². The van der Waals surface area contributed by atoms with Crippen molar-refractivity contribution in [3.63, 3.8) is 0 Å². The average molecular weight is 313 g/mol. The molecule has 0 saturated heterocycles. The summed E-state index contributed by atoms with van der Waals surface area (Å²) in [6.45, 7) is 6.23. The van der Waals surface area contributed by atoms with Gasteiger partial charge in [-0.1, -0.05) is 13.8 Å². The van der Waals surface area contributed by atoms with Crippen LogP contribution in [0.2, 0.25) is 0 Å². The molecule has 0 aliphatic heterocycles. The van der Waals surface area contributed by atoms with Gasteiger partial charge in [0.05, 0.1) is 0 Å². The van der Waals surface area contributed by atoms with E-state index >= 15 is 0 Å². The molecule has 23 heavy (non-hydrogen) atoms. The smallest absolute Gasteiger partial charge is 0.261 e. The molecule has 0 unspecified atom stereocenters. The number of aromatic nitrogens is 2. The number of nitrogens with zero attached hydrogens (tertiary/aromatic N) is 2. The summed E-state index contributed by atoms with van der Waals surface area (Å²) >= 11 is 0. The zero-order valence-corrected chi connectivity index (χ0v) is 14.0. The molecule has 0 spiro atoms. The highest BCUT2D eigenvalue weighted by Crippen LogP contribution is 2.15. The monoisotopic (exact) mass is 313 g/mol. The predicted octanol–water partition coefficient (Wildman–Crippen LogP) is 2.94. The van der Waals surface area contributed by atoms with Gasteiger partial charge < -0.3 is 9.88 Å². The Bertz CT molecular complexity index is 723. The molecule has 122 valence electrons. The summed E-state index contributed by atoms with van der Waals surface area (Å²) in [7, 11) is 1.74. The highest BCUT2D eigenvalue weighted by molar-refractivity contribution is 5.94. The third kappa shape index (κ3) is 4.06. The van der Waals surface area contributed by atoms with Gasteiger partial charge in [0, 0.05) is 36.7 Å². The molecule has 2 aromatic rings. The van der Waals surface area contributed by atoms with Gasteiger partial charge in [0.2, 0.25) is 0 Å². The second-order valence-corrected chi connectivity index (χ2v) is 6.25. The van der Waals surface area contributed by atoms with Crippen molar-refractivity contribution in [3.05, 3.63) is 52.6 Å². The van der Waals surface area contributed by atoms with Crippen LogP contribution in [0.4, 0.5) is 0 Å². The van der Waals surface area contributed by atoms with E-state index in [9.17, 15) is 9.59 Å². The second kappa shape index (κ2) is 7.22. The van der Waals surface area contributed by atoms with Crippen molar-refractivity contribution in [2.24, 2.45) is 5.92 Å². The molecule has 1 amide bonds. The summed E-state index contributed by atoms with van der Waals surface area (Å²) in [4.78, 5) is 33.2. The van der Waals surface area contributed by atoms with Crippen molar-refractivity contribution in [2.45, 2.75) is 33.2 Å². The molecule has 5 nitrogen and oxygen atoms in total. The van der Waals surface area contributed by atoms with E-state index in [1.54, 1.807) is 36.5 Å². The SMILES string of the molecule is CC(C)C[C@H](C)N(C)C(=O)c1ccc(-c2ccncc2)[nH]c1=O. The molecule has 5 heteroatoms. The van der Waals surface area contributed by atoms with Crippen LogP contribution >= 0.6 is 0 Å². The lowest BCUT2D eigenvalue weighted by Gasteiger charge is -2.26. The molecule has 0 aliphatic rings. The van der Waals surface area contributed by atoms with Crippen LogP contribution in [0.15, 0.2) is 41.5 Å². The molecule has 0 aromatic carbocycles. The Morgan fingerprint density at radius 3 is 2.39 bits per heavy atom. The fourth-order valence-corrected chi connectivity index (χ4v) is 2.57. The van der Waals surface area contributed by atoms with Gasteiger partial charge in [-0.05, 0) is 43.5 Å². The number of carbonyl (C=O) groups is 1. The predicted molar refractivity (Wildman–Crippen MR) is 91.3 cm³/mol. The fraction of sp³-hybridized carbons (Fsp3) is 0.389. The van der Waals surface area contributed by atoms with Crippen LogP contribution < -0.4 is 5.56 Å². The molecule has 2 rings (SSSR count). The third-order valence-electron chi connectivity index (χ3n) is 3.93. The van der Waals surface area contributed by atoms with Crippen LogP contribution in [-0.2, 0) is 0 Å². The standard InChI is InChI=1S/C18H23N3O2/c1-12(2)11-13(3)21(4)18(23)15-5-6-16(20-17(15)22)14-7-9-19-10-8-14/h5-10,12-13H,11H2,1-4H3,(H,20,22)/t13-/m0/s1. The first kappa shape index (κ1) is 16.9. The minimum absolute atomic E-state index is 0.0850. The first-order valence-electron chi connectivity index (χ1n) is 7.81. The van der Waals surface area contributed by atoms with Gasteiger partial charge in [-0.3, -0.25) is 14.6 Å². The Hall–Kier alpha value is -2.43. The molecule has 1 N–H and O–H groups in total. The Kier molecular flexibility index (Phi) is 5.32. The van der Waals surface area contributed by atoms with Crippen LogP contribution in [0.3, 0.4) is 0 Å². The maximum Gasteiger partial charge on any atom is 0.261 e. The Labute approximate surface area is 136 Å². The van der Waals surface area contributed by atoms with Gasteiger partial charge in [-0.2, -0.15) is 0 Å². The van der Waals surface area contributed by atoms with Crippen molar-refractivity contribution < 1.29 is 4.79 Å². The summed E-state index contributed by atoms with van der Waals surface area (Å²) in [6, 6.07) is 7.05. The van der Waals surface area contributed by atoms with Crippen LogP contribution in [0.25, 0.3) is 11.3 Å². The summed E-state index contributed by atoms with van der Waals surface area (Å²) < 4.78 is 0. The summed E-state index contributed by atoms with van der Waals surface area (Å²) in [5.41, 5.74) is 1.33. The zero-order chi connectivity index (χ0) is 17.0. The third-order valence-corrected chi connectivity index (χ3v) is 3.93. The number of pyridine rings is 2. The van der Waals surface area contributed by atoms with Crippen LogP contribution in [0, 0.1) is 5.92 Å². The van der Waals surface area contributed by atoms with Crippen molar-refractivity contribution >= 4 is 5.91 Å². The molecule has 0 radical (unpaired) electrons. The van der Waals surface area contributed by atoms with Gasteiger partial charge in [-0.25, -0.2) is 0 Å². The Morgan fingerprint density at radius 2 is 1.83 bits per heavy atom. The molecule has 0 fully saturated rings. The number of nitrogens with one attached hydrogen (secondary N) is 1. The fourth-order valence-electron chi connectivity index (χ4n) is 2.57. The van der Waals surface area contributed by atoms with Gasteiger partial charge in [-0.15, -0.1) is 0 Å². The summed E-state index contributed by atoms with van der Waals surface area (Å²) in [5, 5.41) is 0. The first-order valence-corrected chi connectivity index (χ1v) is 7.81. The molecule has 1 atom stereocenters. The van der Waals surface area contributed by atoms with E-state index in [-0.39, 0.29) is 23.1 Å². The van der Waals surface area contributed by atoms with Gasteiger partial charge in [0.1, 0.15) is 5.56 Å². The van der Waals surface area contributed by atoms with Crippen molar-refractivity contribution in [1.82, 2.24) is 14.9 Å². The zero-order valence-electron chi connectivity index (χ0n) is 14.0. The number of hydrogen-bond acceptors (Lipinski definition) is 3. The summed E-state index contributed by atoms with van der Waals surface area (Å²) in [6.07, 6.45) is 4.22. The minimum Gasteiger partial charge on any atom is -0.339 e. The highest BCUT2D eigenvalue weighted by atomic mass is 16.2. The molecule has 0 saturated carbocycles. The lowest BCUT2D eigenvalue weighted by molar-refractivity contribution is 0.0726. The maximum atomic E-state index is 12.5. The molecule has 0 aliphatic carbocycles. The van der Waals surface area contributed by atoms with Crippen LogP contribution in [0.1, 0.15) is 37.6 Å². The largest absolute Gasteiger partial charge is 0.339 e.